The van der Waals surface area contributed by atoms with E-state index in [0.717, 1.165) is 6.20 Å². The van der Waals surface area contributed by atoms with Crippen molar-refractivity contribution in [3.8, 4) is 6.07 Å². The number of hydrogen-bond donors (Lipinski definition) is 0. The summed E-state index contributed by atoms with van der Waals surface area (Å²) in [6, 6.07) is 1.65. The largest absolute Gasteiger partial charge is 0.265 e. The molecule has 0 N–H and O–H groups in total. The molecule has 1 aromatic rings. The van der Waals surface area contributed by atoms with Crippen LogP contribution in [0.15, 0.2) is 6.20 Å². The Bertz CT molecular complexity index is 382. The molecular weight excluding hydrogens is 193 g/mol. The van der Waals surface area contributed by atoms with Crippen LogP contribution in [0.1, 0.15) is 23.2 Å². The van der Waals surface area contributed by atoms with Crippen LogP contribution in [0.2, 0.25) is 0 Å². The Kier molecular flexibility index (Phi) is 3.07. The molecule has 1 rings (SSSR count). The maximum Gasteiger partial charge on any atom is 0.265 e. The monoisotopic (exact) mass is 200 g/mol. The van der Waals surface area contributed by atoms with Gasteiger partial charge in [-0.25, -0.2) is 13.2 Å². The lowest BCUT2D eigenvalue weighted by molar-refractivity contribution is 0.149. The number of nitriles is 1. The minimum absolute atomic E-state index is 0.0275. The Labute approximate surface area is 79.0 Å². The highest BCUT2D eigenvalue weighted by molar-refractivity contribution is 5.31. The molecule has 0 atom stereocenters. The average Bonchev–Trinajstić information content (AvgIpc) is 2.13. The van der Waals surface area contributed by atoms with Crippen LogP contribution in [0.5, 0.6) is 0 Å². The maximum atomic E-state index is 13.3. The number of pyridine rings is 1. The molecule has 0 aromatic carbocycles. The smallest absolute Gasteiger partial charge is 0.258 e. The lowest BCUT2D eigenvalue weighted by Crippen LogP contribution is -2.02. The van der Waals surface area contributed by atoms with Gasteiger partial charge in [-0.05, 0) is 6.92 Å². The summed E-state index contributed by atoms with van der Waals surface area (Å²) in [4.78, 5) is 3.48. The zero-order valence-electron chi connectivity index (χ0n) is 7.39. The van der Waals surface area contributed by atoms with Crippen molar-refractivity contribution in [2.45, 2.75) is 19.8 Å². The molecule has 0 fully saturated rings. The van der Waals surface area contributed by atoms with Crippen molar-refractivity contribution in [1.82, 2.24) is 4.98 Å². The molecule has 74 valence electrons. The van der Waals surface area contributed by atoms with Crippen LogP contribution in [-0.2, 0) is 6.42 Å². The van der Waals surface area contributed by atoms with Gasteiger partial charge in [-0.1, -0.05) is 0 Å². The van der Waals surface area contributed by atoms with Gasteiger partial charge in [0, 0.05) is 17.3 Å². The van der Waals surface area contributed by atoms with Gasteiger partial charge in [0.15, 0.2) is 0 Å². The number of rotatable bonds is 2. The van der Waals surface area contributed by atoms with E-state index >= 15 is 0 Å². The minimum atomic E-state index is -2.80. The third-order valence-corrected chi connectivity index (χ3v) is 1.82. The van der Waals surface area contributed by atoms with Gasteiger partial charge in [-0.15, -0.1) is 0 Å². The number of nitrogens with zero attached hydrogens (tertiary/aromatic N) is 2. The zero-order chi connectivity index (χ0) is 10.7. The molecule has 0 spiro atoms. The third kappa shape index (κ3) is 1.84. The highest BCUT2D eigenvalue weighted by atomic mass is 19.3. The van der Waals surface area contributed by atoms with Gasteiger partial charge >= 0.3 is 0 Å². The number of alkyl halides is 2. The highest BCUT2D eigenvalue weighted by Gasteiger charge is 2.18. The van der Waals surface area contributed by atoms with E-state index in [0.29, 0.717) is 0 Å². The first-order valence-electron chi connectivity index (χ1n) is 3.87. The summed E-state index contributed by atoms with van der Waals surface area (Å²) in [5.74, 6) is -0.815. The fourth-order valence-electron chi connectivity index (χ4n) is 1.09. The van der Waals surface area contributed by atoms with Crippen molar-refractivity contribution in [3.05, 3.63) is 28.8 Å². The van der Waals surface area contributed by atoms with Crippen molar-refractivity contribution in [1.29, 1.82) is 5.26 Å². The molecule has 2 nitrogen and oxygen atoms in total. The molecule has 0 aliphatic rings. The lowest BCUT2D eigenvalue weighted by atomic mass is 10.1. The molecule has 14 heavy (non-hydrogen) atoms. The molecule has 1 aromatic heterocycles. The van der Waals surface area contributed by atoms with E-state index in [2.05, 4.69) is 4.98 Å². The Balaban J connectivity index is 3.31. The van der Waals surface area contributed by atoms with Crippen molar-refractivity contribution in [3.63, 3.8) is 0 Å². The number of aromatic nitrogens is 1. The molecule has 0 aliphatic carbocycles. The van der Waals surface area contributed by atoms with Crippen LogP contribution in [-0.4, -0.2) is 4.98 Å². The minimum Gasteiger partial charge on any atom is -0.258 e. The van der Waals surface area contributed by atoms with Gasteiger partial charge in [0.05, 0.1) is 18.2 Å². The second-order valence-electron chi connectivity index (χ2n) is 2.73. The summed E-state index contributed by atoms with van der Waals surface area (Å²) >= 11 is 0. The summed E-state index contributed by atoms with van der Waals surface area (Å²) in [6.07, 6.45) is -2.26. The standard InChI is InChI=1S/C9H7F3N2/c1-5-8(10)6(2-3-13)7(4-14-5)9(11)12/h4,9H,2H2,1H3. The number of halogens is 3. The first kappa shape index (κ1) is 10.5. The van der Waals surface area contributed by atoms with E-state index in [1.165, 1.54) is 6.92 Å². The maximum absolute atomic E-state index is 13.3. The van der Waals surface area contributed by atoms with Crippen LogP contribution in [0.4, 0.5) is 13.2 Å². The molecule has 1 heterocycles. The third-order valence-electron chi connectivity index (χ3n) is 1.82. The Morgan fingerprint density at radius 1 is 1.57 bits per heavy atom. The van der Waals surface area contributed by atoms with E-state index in [1.54, 1.807) is 6.07 Å². The normalized spacial score (nSPS) is 10.3. The summed E-state index contributed by atoms with van der Waals surface area (Å²) in [5, 5.41) is 8.36. The van der Waals surface area contributed by atoms with E-state index < -0.39 is 17.8 Å². The Morgan fingerprint density at radius 3 is 2.71 bits per heavy atom. The van der Waals surface area contributed by atoms with Gasteiger partial charge in [0.25, 0.3) is 6.43 Å². The molecule has 0 bridgehead atoms. The molecule has 0 amide bonds. The number of hydrogen-bond acceptors (Lipinski definition) is 2. The van der Waals surface area contributed by atoms with E-state index in [1.807, 2.05) is 0 Å². The predicted molar refractivity (Wildman–Crippen MR) is 43.2 cm³/mol. The van der Waals surface area contributed by atoms with E-state index in [9.17, 15) is 13.2 Å². The van der Waals surface area contributed by atoms with Crippen LogP contribution in [0, 0.1) is 24.1 Å². The molecule has 0 saturated carbocycles. The predicted octanol–water partition coefficient (Wildman–Crippen LogP) is 2.53. The summed E-state index contributed by atoms with van der Waals surface area (Å²) in [5.41, 5.74) is -0.732. The molecule has 0 unspecified atom stereocenters. The second kappa shape index (κ2) is 4.09. The van der Waals surface area contributed by atoms with Crippen molar-refractivity contribution in [2.24, 2.45) is 0 Å². The van der Waals surface area contributed by atoms with Crippen molar-refractivity contribution >= 4 is 0 Å². The fraction of sp³-hybridized carbons (Fsp3) is 0.333. The summed E-state index contributed by atoms with van der Waals surface area (Å²) in [6.45, 7) is 1.37. The zero-order valence-corrected chi connectivity index (χ0v) is 7.39. The molecular formula is C9H7F3N2. The Hall–Kier alpha value is -1.57. The van der Waals surface area contributed by atoms with Gasteiger partial charge in [-0.2, -0.15) is 5.26 Å². The molecule has 0 aliphatic heterocycles. The van der Waals surface area contributed by atoms with Crippen molar-refractivity contribution < 1.29 is 13.2 Å². The van der Waals surface area contributed by atoms with Crippen LogP contribution in [0.25, 0.3) is 0 Å². The van der Waals surface area contributed by atoms with E-state index in [-0.39, 0.29) is 17.7 Å². The first-order valence-corrected chi connectivity index (χ1v) is 3.87. The lowest BCUT2D eigenvalue weighted by Gasteiger charge is -2.07. The van der Waals surface area contributed by atoms with Crippen molar-refractivity contribution in [2.75, 3.05) is 0 Å². The number of aryl methyl sites for hydroxylation is 1. The van der Waals surface area contributed by atoms with Gasteiger partial charge in [0.1, 0.15) is 5.82 Å². The molecule has 0 saturated heterocycles. The average molecular weight is 200 g/mol. The summed E-state index contributed by atoms with van der Waals surface area (Å²) in [7, 11) is 0. The quantitative estimate of drug-likeness (QED) is 0.735. The summed E-state index contributed by atoms with van der Waals surface area (Å²) < 4.78 is 38.0. The highest BCUT2D eigenvalue weighted by Crippen LogP contribution is 2.25. The molecule has 5 heteroatoms. The van der Waals surface area contributed by atoms with Gasteiger partial charge < -0.3 is 0 Å². The molecule has 0 radical (unpaired) electrons. The van der Waals surface area contributed by atoms with Crippen LogP contribution >= 0.6 is 0 Å². The SMILES string of the molecule is Cc1ncc(C(F)F)c(CC#N)c1F. The Morgan fingerprint density at radius 2 is 2.21 bits per heavy atom. The fourth-order valence-corrected chi connectivity index (χ4v) is 1.09. The van der Waals surface area contributed by atoms with Gasteiger partial charge in [0.2, 0.25) is 0 Å². The topological polar surface area (TPSA) is 36.7 Å². The first-order chi connectivity index (χ1) is 6.57. The van der Waals surface area contributed by atoms with Crippen LogP contribution in [0.3, 0.4) is 0 Å². The van der Waals surface area contributed by atoms with Gasteiger partial charge in [-0.3, -0.25) is 4.98 Å². The van der Waals surface area contributed by atoms with E-state index in [4.69, 9.17) is 5.26 Å². The van der Waals surface area contributed by atoms with Crippen LogP contribution < -0.4 is 0 Å². The second-order valence-corrected chi connectivity index (χ2v) is 2.73.